The fraction of sp³-hybridized carbons (Fsp3) is 0.667. The summed E-state index contributed by atoms with van der Waals surface area (Å²) >= 11 is 0. The lowest BCUT2D eigenvalue weighted by Gasteiger charge is -2.15. The molecule has 0 bridgehead atoms. The molecule has 1 saturated carbocycles. The summed E-state index contributed by atoms with van der Waals surface area (Å²) in [5.41, 5.74) is 1.24. The van der Waals surface area contributed by atoms with Crippen LogP contribution in [-0.2, 0) is 0 Å². The molecule has 0 saturated heterocycles. The van der Waals surface area contributed by atoms with Gasteiger partial charge < -0.3 is 5.11 Å². The maximum absolute atomic E-state index is 13.0. The van der Waals surface area contributed by atoms with Crippen molar-refractivity contribution in [1.82, 2.24) is 9.97 Å². The molecule has 1 fully saturated rings. The molecule has 0 amide bonds. The van der Waals surface area contributed by atoms with Crippen LogP contribution in [0.15, 0.2) is 12.4 Å². The van der Waals surface area contributed by atoms with Gasteiger partial charge in [0.1, 0.15) is 0 Å². The van der Waals surface area contributed by atoms with Crippen LogP contribution in [0.2, 0.25) is 0 Å². The molecule has 1 heterocycles. The van der Waals surface area contributed by atoms with Crippen molar-refractivity contribution in [3.05, 3.63) is 23.8 Å². The maximum Gasteiger partial charge on any atom is 0.248 e. The first-order valence-electron chi connectivity index (χ1n) is 5.81. The zero-order chi connectivity index (χ0) is 12.5. The molecule has 1 aromatic rings. The minimum Gasteiger partial charge on any atom is -0.387 e. The Morgan fingerprint density at radius 2 is 2.24 bits per heavy atom. The van der Waals surface area contributed by atoms with Gasteiger partial charge in [-0.2, -0.15) is 0 Å². The number of rotatable bonds is 3. The van der Waals surface area contributed by atoms with Gasteiger partial charge in [0.15, 0.2) is 0 Å². The van der Waals surface area contributed by atoms with Gasteiger partial charge >= 0.3 is 0 Å². The van der Waals surface area contributed by atoms with Gasteiger partial charge in [0.25, 0.3) is 0 Å². The highest BCUT2D eigenvalue weighted by Gasteiger charge is 2.40. The summed E-state index contributed by atoms with van der Waals surface area (Å²) in [7, 11) is 0. The summed E-state index contributed by atoms with van der Waals surface area (Å²) in [5, 5.41) is 9.89. The summed E-state index contributed by atoms with van der Waals surface area (Å²) in [6, 6.07) is 0. The summed E-state index contributed by atoms with van der Waals surface area (Å²) in [5.74, 6) is -2.67. The van der Waals surface area contributed by atoms with E-state index in [4.69, 9.17) is 0 Å². The summed E-state index contributed by atoms with van der Waals surface area (Å²) < 4.78 is 26.0. The Hall–Kier alpha value is -1.10. The predicted molar refractivity (Wildman–Crippen MR) is 58.6 cm³/mol. The number of nitrogens with zero attached hydrogens (tertiary/aromatic N) is 2. The van der Waals surface area contributed by atoms with Gasteiger partial charge in [-0.15, -0.1) is 0 Å². The van der Waals surface area contributed by atoms with Crippen LogP contribution < -0.4 is 0 Å². The van der Waals surface area contributed by atoms with Crippen LogP contribution in [0, 0.1) is 12.8 Å². The lowest BCUT2D eigenvalue weighted by atomic mass is 9.98. The third-order valence-electron chi connectivity index (χ3n) is 3.20. The molecule has 2 unspecified atom stereocenters. The molecule has 0 radical (unpaired) electrons. The lowest BCUT2D eigenvalue weighted by molar-refractivity contribution is 0.00245. The van der Waals surface area contributed by atoms with E-state index in [0.717, 1.165) is 5.69 Å². The summed E-state index contributed by atoms with van der Waals surface area (Å²) in [6.07, 6.45) is 2.92. The smallest absolute Gasteiger partial charge is 0.248 e. The van der Waals surface area contributed by atoms with Gasteiger partial charge in [0.2, 0.25) is 5.92 Å². The van der Waals surface area contributed by atoms with E-state index in [0.29, 0.717) is 18.5 Å². The molecule has 1 aliphatic rings. The van der Waals surface area contributed by atoms with Crippen molar-refractivity contribution in [2.24, 2.45) is 5.92 Å². The number of aliphatic hydroxyl groups is 1. The van der Waals surface area contributed by atoms with Gasteiger partial charge in [-0.1, -0.05) is 0 Å². The van der Waals surface area contributed by atoms with E-state index in [1.807, 2.05) is 0 Å². The zero-order valence-corrected chi connectivity index (χ0v) is 9.74. The molecule has 17 heavy (non-hydrogen) atoms. The highest BCUT2D eigenvalue weighted by Crippen LogP contribution is 2.42. The molecule has 3 nitrogen and oxygen atoms in total. The third kappa shape index (κ3) is 3.19. The van der Waals surface area contributed by atoms with E-state index >= 15 is 0 Å². The second-order valence-electron chi connectivity index (χ2n) is 4.80. The molecular formula is C12H16F2N2O. The van der Waals surface area contributed by atoms with Crippen molar-refractivity contribution < 1.29 is 13.9 Å². The highest BCUT2D eigenvalue weighted by molar-refractivity contribution is 5.04. The topological polar surface area (TPSA) is 46.0 Å². The molecule has 1 aromatic heterocycles. The molecule has 0 aliphatic heterocycles. The number of hydrogen-bond donors (Lipinski definition) is 1. The van der Waals surface area contributed by atoms with Crippen LogP contribution in [-0.4, -0.2) is 21.0 Å². The van der Waals surface area contributed by atoms with Crippen LogP contribution in [0.3, 0.4) is 0 Å². The van der Waals surface area contributed by atoms with Crippen molar-refractivity contribution in [3.63, 3.8) is 0 Å². The van der Waals surface area contributed by atoms with Crippen molar-refractivity contribution in [1.29, 1.82) is 0 Å². The van der Waals surface area contributed by atoms with Gasteiger partial charge in [-0.3, -0.25) is 9.97 Å². The van der Waals surface area contributed by atoms with Crippen LogP contribution in [0.1, 0.15) is 43.2 Å². The normalized spacial score (nSPS) is 24.8. The molecule has 5 heteroatoms. The maximum atomic E-state index is 13.0. The van der Waals surface area contributed by atoms with Gasteiger partial charge in [-0.05, 0) is 25.7 Å². The first-order chi connectivity index (χ1) is 7.96. The Bertz CT molecular complexity index is 381. The largest absolute Gasteiger partial charge is 0.387 e. The van der Waals surface area contributed by atoms with Crippen molar-refractivity contribution in [2.75, 3.05) is 0 Å². The number of alkyl halides is 2. The molecular weight excluding hydrogens is 226 g/mol. The van der Waals surface area contributed by atoms with Gasteiger partial charge in [-0.25, -0.2) is 8.78 Å². The van der Waals surface area contributed by atoms with Crippen LogP contribution in [0.4, 0.5) is 8.78 Å². The number of aryl methyl sites for hydroxylation is 1. The van der Waals surface area contributed by atoms with E-state index < -0.39 is 12.0 Å². The lowest BCUT2D eigenvalue weighted by Crippen LogP contribution is -2.12. The fourth-order valence-electron chi connectivity index (χ4n) is 2.25. The standard InChI is InChI=1S/C12H16F2N2O/c1-8-6-16-10(7-15-8)11(17)4-9-2-3-12(13,14)5-9/h6-7,9,11,17H,2-5H2,1H3. The Kier molecular flexibility index (Phi) is 3.38. The minimum atomic E-state index is -2.55. The summed E-state index contributed by atoms with van der Waals surface area (Å²) in [6.45, 7) is 1.81. The van der Waals surface area contributed by atoms with Crippen molar-refractivity contribution >= 4 is 0 Å². The van der Waals surface area contributed by atoms with Crippen LogP contribution in [0.5, 0.6) is 0 Å². The Morgan fingerprint density at radius 3 is 2.76 bits per heavy atom. The van der Waals surface area contributed by atoms with Crippen molar-refractivity contribution in [3.8, 4) is 0 Å². The molecule has 0 spiro atoms. The Morgan fingerprint density at radius 1 is 1.47 bits per heavy atom. The van der Waals surface area contributed by atoms with E-state index in [1.165, 1.54) is 6.20 Å². The molecule has 2 rings (SSSR count). The molecule has 1 N–H and O–H groups in total. The predicted octanol–water partition coefficient (Wildman–Crippen LogP) is 2.64. The van der Waals surface area contributed by atoms with Gasteiger partial charge in [0, 0.05) is 19.0 Å². The number of aromatic nitrogens is 2. The van der Waals surface area contributed by atoms with E-state index in [9.17, 15) is 13.9 Å². The van der Waals surface area contributed by atoms with E-state index in [-0.39, 0.29) is 18.8 Å². The summed E-state index contributed by atoms with van der Waals surface area (Å²) in [4.78, 5) is 8.09. The van der Waals surface area contributed by atoms with Crippen LogP contribution >= 0.6 is 0 Å². The van der Waals surface area contributed by atoms with E-state index in [2.05, 4.69) is 9.97 Å². The van der Waals surface area contributed by atoms with Crippen molar-refractivity contribution in [2.45, 2.75) is 44.6 Å². The number of halogens is 2. The number of aliphatic hydroxyl groups excluding tert-OH is 1. The zero-order valence-electron chi connectivity index (χ0n) is 9.74. The molecule has 1 aliphatic carbocycles. The number of hydrogen-bond acceptors (Lipinski definition) is 3. The van der Waals surface area contributed by atoms with Crippen LogP contribution in [0.25, 0.3) is 0 Å². The van der Waals surface area contributed by atoms with E-state index in [1.54, 1.807) is 13.1 Å². The average molecular weight is 242 g/mol. The first kappa shape index (κ1) is 12.4. The first-order valence-corrected chi connectivity index (χ1v) is 5.81. The minimum absolute atomic E-state index is 0.0655. The average Bonchev–Trinajstić information content (AvgIpc) is 2.59. The Balaban J connectivity index is 1.93. The molecule has 2 atom stereocenters. The Labute approximate surface area is 98.9 Å². The highest BCUT2D eigenvalue weighted by atomic mass is 19.3. The third-order valence-corrected chi connectivity index (χ3v) is 3.20. The second-order valence-corrected chi connectivity index (χ2v) is 4.80. The quantitative estimate of drug-likeness (QED) is 0.886. The van der Waals surface area contributed by atoms with Gasteiger partial charge in [0.05, 0.1) is 23.7 Å². The molecule has 0 aromatic carbocycles. The second kappa shape index (κ2) is 4.64. The fourth-order valence-corrected chi connectivity index (χ4v) is 2.25. The monoisotopic (exact) mass is 242 g/mol. The SMILES string of the molecule is Cc1cnc(C(O)CC2CCC(F)(F)C2)cn1. The molecule has 94 valence electrons.